The quantitative estimate of drug-likeness (QED) is 0.801. The van der Waals surface area contributed by atoms with Crippen molar-refractivity contribution in [3.05, 3.63) is 30.0 Å². The number of nitrogen functional groups attached to an aromatic ring is 1. The number of aryl methyl sites for hydroxylation is 1. The van der Waals surface area contributed by atoms with Gasteiger partial charge in [-0.2, -0.15) is 0 Å². The Balaban J connectivity index is 2.50. The standard InChI is InChI=1S/C13H18N2O/c1-3-15-8-10(9-16-4-2)12-7-11(14)5-6-13(12)15/h5-8H,3-4,9,14H2,1-2H3. The van der Waals surface area contributed by atoms with Gasteiger partial charge in [-0.3, -0.25) is 0 Å². The fourth-order valence-corrected chi connectivity index (χ4v) is 1.98. The van der Waals surface area contributed by atoms with Gasteiger partial charge in [0.1, 0.15) is 0 Å². The topological polar surface area (TPSA) is 40.2 Å². The van der Waals surface area contributed by atoms with Crippen molar-refractivity contribution in [3.8, 4) is 0 Å². The molecule has 1 aromatic carbocycles. The first-order valence-corrected chi connectivity index (χ1v) is 5.71. The van der Waals surface area contributed by atoms with Crippen LogP contribution in [0.3, 0.4) is 0 Å². The zero-order chi connectivity index (χ0) is 11.5. The number of benzene rings is 1. The number of hydrogen-bond donors (Lipinski definition) is 1. The summed E-state index contributed by atoms with van der Waals surface area (Å²) in [6, 6.07) is 6.04. The van der Waals surface area contributed by atoms with Gasteiger partial charge >= 0.3 is 0 Å². The van der Waals surface area contributed by atoms with Gasteiger partial charge in [-0.15, -0.1) is 0 Å². The Bertz CT molecular complexity index is 488. The monoisotopic (exact) mass is 218 g/mol. The summed E-state index contributed by atoms with van der Waals surface area (Å²) in [6.07, 6.45) is 2.15. The minimum absolute atomic E-state index is 0.656. The van der Waals surface area contributed by atoms with Gasteiger partial charge < -0.3 is 15.0 Å². The maximum Gasteiger partial charge on any atom is 0.0737 e. The predicted molar refractivity (Wildman–Crippen MR) is 67.4 cm³/mol. The van der Waals surface area contributed by atoms with Crippen molar-refractivity contribution >= 4 is 16.6 Å². The van der Waals surface area contributed by atoms with Gasteiger partial charge in [0, 0.05) is 41.5 Å². The third-order valence-corrected chi connectivity index (χ3v) is 2.79. The van der Waals surface area contributed by atoms with Gasteiger partial charge in [0.15, 0.2) is 0 Å². The number of nitrogens with zero attached hydrogens (tertiary/aromatic N) is 1. The van der Waals surface area contributed by atoms with E-state index in [1.54, 1.807) is 0 Å². The zero-order valence-electron chi connectivity index (χ0n) is 9.86. The fraction of sp³-hybridized carbons (Fsp3) is 0.385. The Morgan fingerprint density at radius 1 is 1.31 bits per heavy atom. The molecule has 3 nitrogen and oxygen atoms in total. The molecule has 0 atom stereocenters. The van der Waals surface area contributed by atoms with Crippen LogP contribution in [0.2, 0.25) is 0 Å². The summed E-state index contributed by atoms with van der Waals surface area (Å²) < 4.78 is 7.70. The van der Waals surface area contributed by atoms with Crippen LogP contribution in [0.4, 0.5) is 5.69 Å². The molecular formula is C13H18N2O. The molecule has 0 fully saturated rings. The van der Waals surface area contributed by atoms with Crippen LogP contribution in [0.15, 0.2) is 24.4 Å². The van der Waals surface area contributed by atoms with Gasteiger partial charge in [0.25, 0.3) is 0 Å². The number of fused-ring (bicyclic) bond motifs is 1. The highest BCUT2D eigenvalue weighted by Gasteiger charge is 2.07. The fourth-order valence-electron chi connectivity index (χ4n) is 1.98. The van der Waals surface area contributed by atoms with Crippen molar-refractivity contribution < 1.29 is 4.74 Å². The second kappa shape index (κ2) is 4.58. The van der Waals surface area contributed by atoms with E-state index in [4.69, 9.17) is 10.5 Å². The lowest BCUT2D eigenvalue weighted by molar-refractivity contribution is 0.135. The molecule has 0 aliphatic heterocycles. The van der Waals surface area contributed by atoms with Crippen LogP contribution in [0.5, 0.6) is 0 Å². The van der Waals surface area contributed by atoms with E-state index in [-0.39, 0.29) is 0 Å². The van der Waals surface area contributed by atoms with Gasteiger partial charge in [-0.25, -0.2) is 0 Å². The summed E-state index contributed by atoms with van der Waals surface area (Å²) in [5.74, 6) is 0. The Hall–Kier alpha value is -1.48. The lowest BCUT2D eigenvalue weighted by Crippen LogP contribution is -1.91. The lowest BCUT2D eigenvalue weighted by Gasteiger charge is -2.00. The third kappa shape index (κ3) is 1.91. The normalized spacial score (nSPS) is 11.1. The molecule has 0 saturated carbocycles. The molecule has 0 spiro atoms. The number of anilines is 1. The smallest absolute Gasteiger partial charge is 0.0737 e. The van der Waals surface area contributed by atoms with Crippen molar-refractivity contribution in [1.29, 1.82) is 0 Å². The summed E-state index contributed by atoms with van der Waals surface area (Å²) in [5.41, 5.74) is 9.07. The number of rotatable bonds is 4. The third-order valence-electron chi connectivity index (χ3n) is 2.79. The number of ether oxygens (including phenoxy) is 1. The molecule has 0 radical (unpaired) electrons. The summed E-state index contributed by atoms with van der Waals surface area (Å²) in [7, 11) is 0. The largest absolute Gasteiger partial charge is 0.399 e. The van der Waals surface area contributed by atoms with E-state index < -0.39 is 0 Å². The molecule has 3 heteroatoms. The van der Waals surface area contributed by atoms with Crippen LogP contribution >= 0.6 is 0 Å². The van der Waals surface area contributed by atoms with Crippen LogP contribution in [-0.2, 0) is 17.9 Å². The molecule has 0 aliphatic carbocycles. The van der Waals surface area contributed by atoms with Crippen molar-refractivity contribution in [2.75, 3.05) is 12.3 Å². The minimum Gasteiger partial charge on any atom is -0.399 e. The first-order chi connectivity index (χ1) is 7.76. The van der Waals surface area contributed by atoms with E-state index in [0.717, 1.165) is 18.8 Å². The van der Waals surface area contributed by atoms with Gasteiger partial charge in [-0.1, -0.05) is 0 Å². The Kier molecular flexibility index (Phi) is 3.15. The van der Waals surface area contributed by atoms with Crippen molar-refractivity contribution in [2.45, 2.75) is 27.0 Å². The minimum atomic E-state index is 0.656. The van der Waals surface area contributed by atoms with Gasteiger partial charge in [-0.05, 0) is 32.0 Å². The second-order valence-electron chi connectivity index (χ2n) is 3.85. The molecule has 86 valence electrons. The van der Waals surface area contributed by atoms with Gasteiger partial charge in [0.2, 0.25) is 0 Å². The molecule has 1 aromatic heterocycles. The number of aromatic nitrogens is 1. The van der Waals surface area contributed by atoms with Crippen molar-refractivity contribution in [2.24, 2.45) is 0 Å². The average molecular weight is 218 g/mol. The molecule has 1 heterocycles. The van der Waals surface area contributed by atoms with Gasteiger partial charge in [0.05, 0.1) is 6.61 Å². The van der Waals surface area contributed by atoms with E-state index in [1.165, 1.54) is 16.5 Å². The zero-order valence-corrected chi connectivity index (χ0v) is 9.86. The first-order valence-electron chi connectivity index (χ1n) is 5.71. The molecule has 0 bridgehead atoms. The SMILES string of the molecule is CCOCc1cn(CC)c2ccc(N)cc12. The van der Waals surface area contributed by atoms with Crippen molar-refractivity contribution in [3.63, 3.8) is 0 Å². The highest BCUT2D eigenvalue weighted by Crippen LogP contribution is 2.24. The molecule has 2 N–H and O–H groups in total. The Morgan fingerprint density at radius 2 is 2.12 bits per heavy atom. The highest BCUT2D eigenvalue weighted by molar-refractivity contribution is 5.86. The van der Waals surface area contributed by atoms with Crippen LogP contribution in [0.25, 0.3) is 10.9 Å². The maximum absolute atomic E-state index is 5.82. The van der Waals surface area contributed by atoms with E-state index in [1.807, 2.05) is 19.1 Å². The molecule has 0 amide bonds. The van der Waals surface area contributed by atoms with E-state index in [2.05, 4.69) is 23.8 Å². The molecule has 0 aliphatic rings. The van der Waals surface area contributed by atoms with E-state index >= 15 is 0 Å². The van der Waals surface area contributed by atoms with Crippen molar-refractivity contribution in [1.82, 2.24) is 4.57 Å². The lowest BCUT2D eigenvalue weighted by atomic mass is 10.1. The molecule has 2 rings (SSSR count). The summed E-state index contributed by atoms with van der Waals surface area (Å²) in [6.45, 7) is 6.50. The highest BCUT2D eigenvalue weighted by atomic mass is 16.5. The second-order valence-corrected chi connectivity index (χ2v) is 3.85. The van der Waals surface area contributed by atoms with E-state index in [9.17, 15) is 0 Å². The Labute approximate surface area is 95.8 Å². The number of nitrogens with two attached hydrogens (primary N) is 1. The first kappa shape index (κ1) is 11.0. The molecule has 0 saturated heterocycles. The molecule has 16 heavy (non-hydrogen) atoms. The number of hydrogen-bond acceptors (Lipinski definition) is 2. The van der Waals surface area contributed by atoms with Crippen LogP contribution in [0, 0.1) is 0 Å². The molecule has 0 unspecified atom stereocenters. The summed E-state index contributed by atoms with van der Waals surface area (Å²) in [5, 5.41) is 1.20. The summed E-state index contributed by atoms with van der Waals surface area (Å²) >= 11 is 0. The molecule has 2 aromatic rings. The van der Waals surface area contributed by atoms with Crippen LogP contribution in [0.1, 0.15) is 19.4 Å². The summed E-state index contributed by atoms with van der Waals surface area (Å²) in [4.78, 5) is 0. The van der Waals surface area contributed by atoms with Crippen LogP contribution in [-0.4, -0.2) is 11.2 Å². The van der Waals surface area contributed by atoms with Crippen LogP contribution < -0.4 is 5.73 Å². The molecular weight excluding hydrogens is 200 g/mol. The maximum atomic E-state index is 5.82. The predicted octanol–water partition coefficient (Wildman–Crippen LogP) is 2.78. The average Bonchev–Trinajstić information content (AvgIpc) is 2.64. The van der Waals surface area contributed by atoms with E-state index in [0.29, 0.717) is 6.61 Å². The Morgan fingerprint density at radius 3 is 2.81 bits per heavy atom.